The van der Waals surface area contributed by atoms with Crippen LogP contribution in [0, 0.1) is 5.41 Å². The first-order valence-electron chi connectivity index (χ1n) is 28.9. The Balaban J connectivity index is 1.27. The van der Waals surface area contributed by atoms with Gasteiger partial charge in [0.15, 0.2) is 18.9 Å². The van der Waals surface area contributed by atoms with E-state index in [1.165, 1.54) is 21.3 Å². The Morgan fingerprint density at radius 2 is 0.581 bits per heavy atom. The standard InChI is InChI=1S/C53H99N3O30/c1-53(32-78-11-5-38(57)54-8-14-72-17-20-75-23-26-81-50-47(66)44(63)41(60)35(84-50)29-69-2,33-79-12-6-39(58)55-9-15-73-18-21-76-24-27-82-51-48(67)45(64)42(61)36(85-51)30-70-3)34-80-13-7-40(59)56-10-16-74-19-22-77-25-28-83-52-49(68)46(65)43(62)37(86-52)31-71-4/h35-37,41-52,60-68H,5-34H2,1-4H3,(H,54,57)(H,55,58)(H,56,59). The van der Waals surface area contributed by atoms with Crippen molar-refractivity contribution in [2.24, 2.45) is 5.41 Å². The van der Waals surface area contributed by atoms with Gasteiger partial charge in [-0.2, -0.15) is 0 Å². The van der Waals surface area contributed by atoms with Crippen molar-refractivity contribution in [3.8, 4) is 0 Å². The third-order valence-corrected chi connectivity index (χ3v) is 13.1. The zero-order valence-corrected chi connectivity index (χ0v) is 50.0. The zero-order chi connectivity index (χ0) is 63.0. The van der Waals surface area contributed by atoms with Crippen LogP contribution in [0.4, 0.5) is 0 Å². The van der Waals surface area contributed by atoms with Crippen molar-refractivity contribution < 1.29 is 146 Å². The number of amides is 3. The summed E-state index contributed by atoms with van der Waals surface area (Å²) in [5.41, 5.74) is -0.742. The summed E-state index contributed by atoms with van der Waals surface area (Å²) < 4.78 is 98.4. The molecule has 0 aliphatic carbocycles. The fourth-order valence-corrected chi connectivity index (χ4v) is 8.33. The Morgan fingerprint density at radius 1 is 0.337 bits per heavy atom. The molecular weight excluding hydrogens is 1160 g/mol. The molecule has 0 aromatic rings. The summed E-state index contributed by atoms with van der Waals surface area (Å²) in [4.78, 5) is 37.6. The maximum atomic E-state index is 12.5. The van der Waals surface area contributed by atoms with E-state index in [2.05, 4.69) is 16.0 Å². The van der Waals surface area contributed by atoms with Crippen LogP contribution in [-0.2, 0) is 99.6 Å². The van der Waals surface area contributed by atoms with Crippen LogP contribution in [0.3, 0.4) is 0 Å². The minimum Gasteiger partial charge on any atom is -0.387 e. The molecule has 0 bridgehead atoms. The van der Waals surface area contributed by atoms with E-state index in [-0.39, 0.29) is 215 Å². The molecule has 12 N–H and O–H groups in total. The fraction of sp³-hybridized carbons (Fsp3) is 0.943. The Hall–Kier alpha value is -2.67. The number of nitrogens with one attached hydrogen (secondary N) is 3. The number of aliphatic hydroxyl groups is 9. The maximum absolute atomic E-state index is 12.5. The molecule has 3 rings (SSSR count). The Bertz CT molecular complexity index is 1550. The van der Waals surface area contributed by atoms with Crippen LogP contribution in [0.1, 0.15) is 26.2 Å². The molecule has 86 heavy (non-hydrogen) atoms. The van der Waals surface area contributed by atoms with Gasteiger partial charge in [-0.05, 0) is 0 Å². The molecule has 0 spiro atoms. The first kappa shape index (κ1) is 77.6. The summed E-state index contributed by atoms with van der Waals surface area (Å²) in [6.45, 7) is 5.67. The fourth-order valence-electron chi connectivity index (χ4n) is 8.33. The summed E-state index contributed by atoms with van der Waals surface area (Å²) in [7, 11) is 4.24. The van der Waals surface area contributed by atoms with E-state index in [9.17, 15) is 60.3 Å². The number of aliphatic hydroxyl groups excluding tert-OH is 9. The number of ether oxygens (including phenoxy) is 18. The van der Waals surface area contributed by atoms with E-state index in [0.29, 0.717) is 0 Å². The molecule has 3 saturated heterocycles. The van der Waals surface area contributed by atoms with Crippen molar-refractivity contribution in [3.63, 3.8) is 0 Å². The van der Waals surface area contributed by atoms with Crippen LogP contribution in [-0.4, -0.2) is 355 Å². The summed E-state index contributed by atoms with van der Waals surface area (Å²) in [5, 5.41) is 99.0. The molecular formula is C53H99N3O30. The molecule has 15 unspecified atom stereocenters. The second-order valence-electron chi connectivity index (χ2n) is 20.5. The molecule has 506 valence electrons. The van der Waals surface area contributed by atoms with Crippen LogP contribution >= 0.6 is 0 Å². The van der Waals surface area contributed by atoms with Crippen molar-refractivity contribution >= 4 is 17.7 Å². The molecule has 0 saturated carbocycles. The number of hydrogen-bond donors (Lipinski definition) is 12. The predicted molar refractivity (Wildman–Crippen MR) is 292 cm³/mol. The predicted octanol–water partition coefficient (Wildman–Crippen LogP) is -6.93. The van der Waals surface area contributed by atoms with E-state index in [4.69, 9.17) is 85.3 Å². The zero-order valence-electron chi connectivity index (χ0n) is 50.0. The molecule has 3 fully saturated rings. The second-order valence-corrected chi connectivity index (χ2v) is 20.5. The molecule has 0 aromatic carbocycles. The number of carbonyl (C=O) groups excluding carboxylic acids is 3. The second kappa shape index (κ2) is 46.4. The Morgan fingerprint density at radius 3 is 0.837 bits per heavy atom. The highest BCUT2D eigenvalue weighted by Crippen LogP contribution is 2.25. The largest absolute Gasteiger partial charge is 0.387 e. The summed E-state index contributed by atoms with van der Waals surface area (Å²) in [5.74, 6) is -0.801. The quantitative estimate of drug-likeness (QED) is 0.0252. The van der Waals surface area contributed by atoms with Crippen molar-refractivity contribution in [1.29, 1.82) is 0 Å². The lowest BCUT2D eigenvalue weighted by atomic mass is 9.94. The lowest BCUT2D eigenvalue weighted by Crippen LogP contribution is -2.59. The van der Waals surface area contributed by atoms with Crippen molar-refractivity contribution in [2.75, 3.05) is 200 Å². The molecule has 33 nitrogen and oxygen atoms in total. The van der Waals surface area contributed by atoms with E-state index < -0.39 is 97.5 Å². The number of hydrogen-bond acceptors (Lipinski definition) is 30. The van der Waals surface area contributed by atoms with Crippen LogP contribution in [0.25, 0.3) is 0 Å². The van der Waals surface area contributed by atoms with Crippen molar-refractivity contribution in [3.05, 3.63) is 0 Å². The van der Waals surface area contributed by atoms with E-state index in [1.807, 2.05) is 6.92 Å². The van der Waals surface area contributed by atoms with Gasteiger partial charge in [-0.3, -0.25) is 14.4 Å². The van der Waals surface area contributed by atoms with Gasteiger partial charge in [-0.25, -0.2) is 0 Å². The first-order chi connectivity index (χ1) is 41.5. The van der Waals surface area contributed by atoms with E-state index in [0.717, 1.165) is 0 Å². The monoisotopic (exact) mass is 1260 g/mol. The maximum Gasteiger partial charge on any atom is 0.222 e. The van der Waals surface area contributed by atoms with Gasteiger partial charge < -0.3 is 147 Å². The average Bonchev–Trinajstić information content (AvgIpc) is 3.39. The Labute approximate surface area is 501 Å². The molecule has 15 atom stereocenters. The lowest BCUT2D eigenvalue weighted by molar-refractivity contribution is -0.303. The minimum atomic E-state index is -1.46. The van der Waals surface area contributed by atoms with Gasteiger partial charge in [0.2, 0.25) is 17.7 Å². The van der Waals surface area contributed by atoms with Gasteiger partial charge in [0, 0.05) is 65.6 Å². The third-order valence-electron chi connectivity index (χ3n) is 13.1. The molecule has 3 heterocycles. The van der Waals surface area contributed by atoms with Crippen LogP contribution in [0.2, 0.25) is 0 Å². The van der Waals surface area contributed by atoms with Gasteiger partial charge in [-0.1, -0.05) is 6.92 Å². The van der Waals surface area contributed by atoms with Crippen LogP contribution < -0.4 is 16.0 Å². The van der Waals surface area contributed by atoms with E-state index >= 15 is 0 Å². The van der Waals surface area contributed by atoms with E-state index in [1.54, 1.807) is 0 Å². The summed E-state index contributed by atoms with van der Waals surface area (Å²) in [6, 6.07) is 0. The third kappa shape index (κ3) is 31.4. The minimum absolute atomic E-state index is 0.000697. The van der Waals surface area contributed by atoms with Gasteiger partial charge in [0.05, 0.1) is 159 Å². The first-order valence-corrected chi connectivity index (χ1v) is 28.9. The highest BCUT2D eigenvalue weighted by Gasteiger charge is 2.46. The molecule has 3 aliphatic rings. The van der Waals surface area contributed by atoms with Gasteiger partial charge in [-0.15, -0.1) is 0 Å². The summed E-state index contributed by atoms with van der Waals surface area (Å²) in [6.07, 6.45) is -18.7. The van der Waals surface area contributed by atoms with Crippen molar-refractivity contribution in [1.82, 2.24) is 16.0 Å². The average molecular weight is 1260 g/mol. The molecule has 3 aliphatic heterocycles. The molecule has 0 radical (unpaired) electrons. The van der Waals surface area contributed by atoms with Gasteiger partial charge in [0.1, 0.15) is 73.2 Å². The number of methoxy groups -OCH3 is 3. The van der Waals surface area contributed by atoms with Gasteiger partial charge in [0.25, 0.3) is 0 Å². The molecule has 33 heteroatoms. The molecule has 0 aromatic heterocycles. The molecule has 3 amide bonds. The van der Waals surface area contributed by atoms with Crippen LogP contribution in [0.5, 0.6) is 0 Å². The topological polar surface area (TPSA) is 436 Å². The van der Waals surface area contributed by atoms with Gasteiger partial charge >= 0.3 is 0 Å². The SMILES string of the molecule is COCC1OC(OCCOCCOCCNC(=O)CCOCC(C)(COCCC(=O)NCCOCCOCCOC2OC(COC)C(O)C(O)C2O)COCCC(=O)NCCOCCOCCOC2OC(COC)C(O)C(O)C2O)C(O)C(O)C1O. The Kier molecular flexibility index (Phi) is 41.9. The highest BCUT2D eigenvalue weighted by atomic mass is 16.7. The number of carbonyl (C=O) groups is 3. The lowest BCUT2D eigenvalue weighted by Gasteiger charge is -2.39. The van der Waals surface area contributed by atoms with Crippen LogP contribution in [0.15, 0.2) is 0 Å². The smallest absolute Gasteiger partial charge is 0.222 e. The number of rotatable bonds is 51. The van der Waals surface area contributed by atoms with Crippen molar-refractivity contribution in [2.45, 2.75) is 118 Å². The normalized spacial score (nSPS) is 28.5. The highest BCUT2D eigenvalue weighted by molar-refractivity contribution is 5.76. The summed E-state index contributed by atoms with van der Waals surface area (Å²) >= 11 is 0.